The van der Waals surface area contributed by atoms with Gasteiger partial charge in [-0.2, -0.15) is 5.10 Å². The third kappa shape index (κ3) is 3.52. The Kier molecular flexibility index (Phi) is 4.40. The van der Waals surface area contributed by atoms with Crippen molar-refractivity contribution in [2.75, 3.05) is 6.54 Å². The van der Waals surface area contributed by atoms with Crippen LogP contribution in [0.2, 0.25) is 0 Å². The van der Waals surface area contributed by atoms with Gasteiger partial charge in [-0.1, -0.05) is 12.1 Å². The van der Waals surface area contributed by atoms with Gasteiger partial charge in [-0.05, 0) is 47.7 Å². The topological polar surface area (TPSA) is 60.6 Å². The molecule has 114 valence electrons. The fourth-order valence-corrected chi connectivity index (χ4v) is 3.11. The van der Waals surface area contributed by atoms with Crippen molar-refractivity contribution in [1.29, 1.82) is 0 Å². The Morgan fingerprint density at radius 2 is 2.24 bits per heavy atom. The van der Waals surface area contributed by atoms with Crippen LogP contribution in [0.15, 0.2) is 10.7 Å². The lowest BCUT2D eigenvalue weighted by Gasteiger charge is -2.02. The summed E-state index contributed by atoms with van der Waals surface area (Å²) in [5, 5.41) is 16.4. The van der Waals surface area contributed by atoms with Crippen LogP contribution in [0.3, 0.4) is 0 Å². The summed E-state index contributed by atoms with van der Waals surface area (Å²) in [5.74, 6) is 0.887. The number of rotatable bonds is 7. The normalized spacial score (nSPS) is 14.8. The highest BCUT2D eigenvalue weighted by atomic mass is 79.9. The Labute approximate surface area is 133 Å². The van der Waals surface area contributed by atoms with Gasteiger partial charge in [0.15, 0.2) is 0 Å². The summed E-state index contributed by atoms with van der Waals surface area (Å²) in [6.07, 6.45) is 5.66. The van der Waals surface area contributed by atoms with E-state index < -0.39 is 0 Å². The zero-order chi connectivity index (χ0) is 14.8. The molecule has 1 aliphatic rings. The lowest BCUT2D eigenvalue weighted by molar-refractivity contribution is 0.596. The SMILES string of the molecule is CCc1nn(C)c(Cn2cc(CNCC3CC3)nn2)c1Br. The van der Waals surface area contributed by atoms with Gasteiger partial charge in [-0.25, -0.2) is 4.68 Å². The molecule has 0 radical (unpaired) electrons. The monoisotopic (exact) mass is 352 g/mol. The summed E-state index contributed by atoms with van der Waals surface area (Å²) in [5.41, 5.74) is 3.19. The second-order valence-electron chi connectivity index (χ2n) is 5.67. The van der Waals surface area contributed by atoms with E-state index >= 15 is 0 Å². The van der Waals surface area contributed by atoms with Crippen molar-refractivity contribution in [1.82, 2.24) is 30.1 Å². The van der Waals surface area contributed by atoms with Crippen molar-refractivity contribution in [2.24, 2.45) is 13.0 Å². The van der Waals surface area contributed by atoms with Crippen LogP contribution >= 0.6 is 15.9 Å². The van der Waals surface area contributed by atoms with E-state index in [4.69, 9.17) is 0 Å². The molecule has 1 N–H and O–H groups in total. The molecule has 2 aromatic rings. The highest BCUT2D eigenvalue weighted by Gasteiger charge is 2.20. The minimum absolute atomic E-state index is 0.680. The van der Waals surface area contributed by atoms with E-state index in [1.807, 2.05) is 22.6 Å². The molecule has 2 heterocycles. The minimum atomic E-state index is 0.680. The van der Waals surface area contributed by atoms with E-state index in [0.29, 0.717) is 6.54 Å². The molecule has 21 heavy (non-hydrogen) atoms. The van der Waals surface area contributed by atoms with Crippen molar-refractivity contribution < 1.29 is 0 Å². The number of aryl methyl sites for hydroxylation is 2. The van der Waals surface area contributed by atoms with E-state index in [-0.39, 0.29) is 0 Å². The lowest BCUT2D eigenvalue weighted by Crippen LogP contribution is -2.16. The van der Waals surface area contributed by atoms with Gasteiger partial charge in [-0.3, -0.25) is 4.68 Å². The number of hydrogen-bond donors (Lipinski definition) is 1. The average molecular weight is 353 g/mol. The molecule has 1 fully saturated rings. The molecule has 6 nitrogen and oxygen atoms in total. The number of nitrogens with zero attached hydrogens (tertiary/aromatic N) is 5. The van der Waals surface area contributed by atoms with Crippen LogP contribution in [0.5, 0.6) is 0 Å². The van der Waals surface area contributed by atoms with E-state index in [9.17, 15) is 0 Å². The Bertz CT molecular complexity index is 613. The standard InChI is InChI=1S/C14H21BrN6/c1-3-12-14(15)13(20(2)18-12)9-21-8-11(17-19-21)7-16-6-10-4-5-10/h8,10,16H,3-7,9H2,1-2H3. The third-order valence-corrected chi connectivity index (χ3v) is 4.75. The minimum Gasteiger partial charge on any atom is -0.311 e. The van der Waals surface area contributed by atoms with E-state index in [0.717, 1.165) is 47.0 Å². The van der Waals surface area contributed by atoms with Crippen LogP contribution in [0.1, 0.15) is 36.8 Å². The Hall–Kier alpha value is -1.21. The molecule has 0 aliphatic heterocycles. The fourth-order valence-electron chi connectivity index (χ4n) is 2.37. The van der Waals surface area contributed by atoms with Gasteiger partial charge in [0.25, 0.3) is 0 Å². The van der Waals surface area contributed by atoms with Gasteiger partial charge < -0.3 is 5.32 Å². The van der Waals surface area contributed by atoms with Crippen LogP contribution in [-0.4, -0.2) is 31.3 Å². The Morgan fingerprint density at radius 3 is 2.90 bits per heavy atom. The fraction of sp³-hybridized carbons (Fsp3) is 0.643. The van der Waals surface area contributed by atoms with Crippen LogP contribution in [0.4, 0.5) is 0 Å². The first-order valence-electron chi connectivity index (χ1n) is 7.47. The molecule has 0 bridgehead atoms. The summed E-state index contributed by atoms with van der Waals surface area (Å²) >= 11 is 3.63. The number of nitrogens with one attached hydrogen (secondary N) is 1. The van der Waals surface area contributed by atoms with Crippen LogP contribution in [0, 0.1) is 5.92 Å². The number of halogens is 1. The molecular formula is C14H21BrN6. The molecular weight excluding hydrogens is 332 g/mol. The van der Waals surface area contributed by atoms with Gasteiger partial charge in [0.1, 0.15) is 0 Å². The smallest absolute Gasteiger partial charge is 0.0964 e. The molecule has 1 saturated carbocycles. The Morgan fingerprint density at radius 1 is 1.43 bits per heavy atom. The van der Waals surface area contributed by atoms with Gasteiger partial charge >= 0.3 is 0 Å². The lowest BCUT2D eigenvalue weighted by atomic mass is 10.3. The van der Waals surface area contributed by atoms with Gasteiger partial charge in [0.05, 0.1) is 34.3 Å². The number of aromatic nitrogens is 5. The number of hydrogen-bond acceptors (Lipinski definition) is 4. The summed E-state index contributed by atoms with van der Waals surface area (Å²) < 4.78 is 4.86. The van der Waals surface area contributed by atoms with Crippen molar-refractivity contribution >= 4 is 15.9 Å². The first-order valence-corrected chi connectivity index (χ1v) is 8.26. The zero-order valence-corrected chi connectivity index (χ0v) is 14.1. The first kappa shape index (κ1) is 14.7. The van der Waals surface area contributed by atoms with Gasteiger partial charge in [-0.15, -0.1) is 5.10 Å². The molecule has 0 saturated heterocycles. The van der Waals surface area contributed by atoms with E-state index in [1.165, 1.54) is 12.8 Å². The van der Waals surface area contributed by atoms with Crippen molar-refractivity contribution in [3.05, 3.63) is 27.8 Å². The summed E-state index contributed by atoms with van der Waals surface area (Å²) in [7, 11) is 1.97. The molecule has 1 aliphatic carbocycles. The maximum Gasteiger partial charge on any atom is 0.0964 e. The predicted octanol–water partition coefficient (Wildman–Crippen LogP) is 1.88. The predicted molar refractivity (Wildman–Crippen MR) is 83.8 cm³/mol. The maximum absolute atomic E-state index is 4.50. The molecule has 0 spiro atoms. The summed E-state index contributed by atoms with van der Waals surface area (Å²) in [4.78, 5) is 0. The van der Waals surface area contributed by atoms with Crippen LogP contribution in [-0.2, 0) is 26.6 Å². The summed E-state index contributed by atoms with van der Waals surface area (Å²) in [6.45, 7) is 4.68. The van der Waals surface area contributed by atoms with Gasteiger partial charge in [0, 0.05) is 13.6 Å². The largest absolute Gasteiger partial charge is 0.311 e. The summed E-state index contributed by atoms with van der Waals surface area (Å²) in [6, 6.07) is 0. The van der Waals surface area contributed by atoms with Crippen molar-refractivity contribution in [3.63, 3.8) is 0 Å². The average Bonchev–Trinajstić information content (AvgIpc) is 3.12. The van der Waals surface area contributed by atoms with Gasteiger partial charge in [0.2, 0.25) is 0 Å². The van der Waals surface area contributed by atoms with Crippen LogP contribution < -0.4 is 5.32 Å². The second kappa shape index (κ2) is 6.27. The highest BCUT2D eigenvalue weighted by Crippen LogP contribution is 2.27. The molecule has 0 unspecified atom stereocenters. The molecule has 2 aromatic heterocycles. The molecule has 0 aromatic carbocycles. The molecule has 0 amide bonds. The van der Waals surface area contributed by atoms with E-state index in [1.54, 1.807) is 0 Å². The highest BCUT2D eigenvalue weighted by molar-refractivity contribution is 9.10. The van der Waals surface area contributed by atoms with E-state index in [2.05, 4.69) is 43.6 Å². The zero-order valence-electron chi connectivity index (χ0n) is 12.5. The van der Waals surface area contributed by atoms with Crippen molar-refractivity contribution in [2.45, 2.75) is 39.3 Å². The van der Waals surface area contributed by atoms with Crippen molar-refractivity contribution in [3.8, 4) is 0 Å². The molecule has 0 atom stereocenters. The molecule has 3 rings (SSSR count). The third-order valence-electron chi connectivity index (χ3n) is 3.84. The second-order valence-corrected chi connectivity index (χ2v) is 6.46. The molecule has 7 heteroatoms. The Balaban J connectivity index is 1.62. The van der Waals surface area contributed by atoms with Crippen LogP contribution in [0.25, 0.3) is 0 Å². The quantitative estimate of drug-likeness (QED) is 0.826. The first-order chi connectivity index (χ1) is 10.2. The maximum atomic E-state index is 4.50.